The van der Waals surface area contributed by atoms with Crippen molar-refractivity contribution in [2.45, 2.75) is 24.9 Å². The number of nitrogens with one attached hydrogen (secondary N) is 1. The molecule has 0 spiro atoms. The molecule has 1 atom stereocenters. The lowest BCUT2D eigenvalue weighted by Gasteiger charge is -2.28. The number of carbonyl (C=O) groups is 1. The first-order valence-corrected chi connectivity index (χ1v) is 10.1. The first-order valence-electron chi connectivity index (χ1n) is 10.1. The molecule has 0 aliphatic carbocycles. The minimum atomic E-state index is -1.23. The van der Waals surface area contributed by atoms with E-state index in [1.807, 2.05) is 25.2 Å². The van der Waals surface area contributed by atoms with Crippen molar-refractivity contribution in [2.75, 3.05) is 21.3 Å². The Morgan fingerprint density at radius 3 is 2.59 bits per heavy atom. The summed E-state index contributed by atoms with van der Waals surface area (Å²) >= 11 is 0. The van der Waals surface area contributed by atoms with E-state index >= 15 is 0 Å². The van der Waals surface area contributed by atoms with E-state index in [0.29, 0.717) is 29.7 Å². The summed E-state index contributed by atoms with van der Waals surface area (Å²) in [5.74, 6) is 0.352. The van der Waals surface area contributed by atoms with Gasteiger partial charge in [0.2, 0.25) is 0 Å². The van der Waals surface area contributed by atoms with E-state index in [0.717, 1.165) is 18.0 Å². The van der Waals surface area contributed by atoms with Gasteiger partial charge in [-0.05, 0) is 49.7 Å². The highest BCUT2D eigenvalue weighted by atomic mass is 16.5. The predicted octanol–water partition coefficient (Wildman–Crippen LogP) is 2.95. The Morgan fingerprint density at radius 1 is 1.25 bits per heavy atom. The number of nitriles is 1. The number of methoxy groups -OCH3 is 2. The molecule has 0 radical (unpaired) electrons. The second-order valence-electron chi connectivity index (χ2n) is 7.33. The number of hydrogen-bond donors (Lipinski definition) is 2. The maximum absolute atomic E-state index is 12.0. The van der Waals surface area contributed by atoms with Crippen molar-refractivity contribution < 1.29 is 19.4 Å². The molecule has 1 aliphatic heterocycles. The quantitative estimate of drug-likeness (QED) is 0.614. The zero-order valence-corrected chi connectivity index (χ0v) is 18.3. The lowest BCUT2D eigenvalue weighted by molar-refractivity contribution is -0.145. The van der Waals surface area contributed by atoms with Crippen molar-refractivity contribution in [3.05, 3.63) is 77.4 Å². The maximum atomic E-state index is 12.0. The Bertz CT molecular complexity index is 1120. The van der Waals surface area contributed by atoms with Crippen LogP contribution in [0.25, 0.3) is 0 Å². The molecule has 2 N–H and O–H groups in total. The van der Waals surface area contributed by atoms with Gasteiger partial charge in [-0.3, -0.25) is 0 Å². The van der Waals surface area contributed by atoms with Crippen LogP contribution in [-0.2, 0) is 23.3 Å². The normalized spacial score (nSPS) is 16.3. The van der Waals surface area contributed by atoms with E-state index < -0.39 is 11.5 Å². The summed E-state index contributed by atoms with van der Waals surface area (Å²) in [7, 11) is 5.08. The van der Waals surface area contributed by atoms with Crippen LogP contribution >= 0.6 is 0 Å². The number of aliphatic carboxylic acids is 1. The molecule has 0 saturated carbocycles. The van der Waals surface area contributed by atoms with Crippen LogP contribution in [0.2, 0.25) is 0 Å². The number of carboxylic acid groups (broad SMARTS) is 1. The largest absolute Gasteiger partial charge is 0.497 e. The number of imidazole rings is 1. The molecule has 4 rings (SSSR count). The Hall–Kier alpha value is -3.83. The van der Waals surface area contributed by atoms with Gasteiger partial charge in [-0.25, -0.2) is 9.78 Å². The first kappa shape index (κ1) is 22.8. The Balaban J connectivity index is 0.000000222. The van der Waals surface area contributed by atoms with Gasteiger partial charge >= 0.3 is 5.97 Å². The summed E-state index contributed by atoms with van der Waals surface area (Å²) < 4.78 is 12.0. The number of rotatable bonds is 6. The highest BCUT2D eigenvalue weighted by Gasteiger charge is 2.48. The third-order valence-corrected chi connectivity index (χ3v) is 5.54. The number of carboxylic acids is 1. The zero-order chi connectivity index (χ0) is 23.1. The molecule has 0 saturated heterocycles. The fourth-order valence-electron chi connectivity index (χ4n) is 3.92. The van der Waals surface area contributed by atoms with Crippen LogP contribution in [0.4, 0.5) is 0 Å². The lowest BCUT2D eigenvalue weighted by Crippen LogP contribution is -2.40. The van der Waals surface area contributed by atoms with Gasteiger partial charge in [0, 0.05) is 24.0 Å². The monoisotopic (exact) mass is 434 g/mol. The topological polar surface area (TPSA) is 109 Å². The molecule has 1 aromatic heterocycles. The van der Waals surface area contributed by atoms with Crippen LogP contribution in [0.1, 0.15) is 28.8 Å². The van der Waals surface area contributed by atoms with Gasteiger partial charge < -0.3 is 24.5 Å². The highest BCUT2D eigenvalue weighted by Crippen LogP contribution is 2.42. The van der Waals surface area contributed by atoms with Crippen molar-refractivity contribution in [1.29, 1.82) is 5.26 Å². The van der Waals surface area contributed by atoms with Gasteiger partial charge in [0.15, 0.2) is 5.54 Å². The molecule has 166 valence electrons. The first-order chi connectivity index (χ1) is 15.5. The molecule has 3 aromatic rings. The summed E-state index contributed by atoms with van der Waals surface area (Å²) in [6.45, 7) is 0.907. The number of nitrogens with zero attached hydrogens (tertiary/aromatic N) is 3. The van der Waals surface area contributed by atoms with Crippen LogP contribution in [0.15, 0.2) is 55.0 Å². The average Bonchev–Trinajstić information content (AvgIpc) is 3.43. The fraction of sp³-hybridized carbons (Fsp3) is 0.292. The fourth-order valence-corrected chi connectivity index (χ4v) is 3.92. The molecule has 1 unspecified atom stereocenters. The van der Waals surface area contributed by atoms with E-state index in [4.69, 9.17) is 14.7 Å². The van der Waals surface area contributed by atoms with Gasteiger partial charge in [0.1, 0.15) is 11.5 Å². The molecule has 0 amide bonds. The molecular formula is C24H26N4O4. The number of fused-ring (bicyclic) bond motifs is 1. The maximum Gasteiger partial charge on any atom is 0.334 e. The number of benzene rings is 2. The minimum absolute atomic E-state index is 0.401. The van der Waals surface area contributed by atoms with Gasteiger partial charge in [-0.2, -0.15) is 5.26 Å². The zero-order valence-electron chi connectivity index (χ0n) is 18.3. The van der Waals surface area contributed by atoms with Crippen LogP contribution in [0.3, 0.4) is 0 Å². The van der Waals surface area contributed by atoms with Crippen molar-refractivity contribution in [1.82, 2.24) is 14.9 Å². The van der Waals surface area contributed by atoms with Crippen LogP contribution in [-0.4, -0.2) is 41.9 Å². The van der Waals surface area contributed by atoms with E-state index in [2.05, 4.69) is 22.4 Å². The molecule has 1 aliphatic rings. The number of aromatic nitrogens is 2. The number of aryl methyl sites for hydroxylation is 1. The molecule has 0 fully saturated rings. The summed E-state index contributed by atoms with van der Waals surface area (Å²) in [6.07, 6.45) is 4.28. The lowest BCUT2D eigenvalue weighted by atomic mass is 9.86. The third kappa shape index (κ3) is 4.29. The minimum Gasteiger partial charge on any atom is -0.497 e. The molecule has 32 heavy (non-hydrogen) atoms. The van der Waals surface area contributed by atoms with Crippen LogP contribution < -0.4 is 14.8 Å². The Morgan fingerprint density at radius 2 is 2.00 bits per heavy atom. The standard InChI is InChI=1S/C15H13N3O3.C9H13NO/c1-21-13-6-10(7-16)2-3-12(13)15(14(19)20)5-4-11-8-17-9-18(11)15;1-10-7-8-3-5-9(11-2)6-4-8/h2-3,6,8-9H,4-5H2,1H3,(H,19,20);3-6,10H,7H2,1-2H3. The van der Waals surface area contributed by atoms with Crippen molar-refractivity contribution in [3.63, 3.8) is 0 Å². The van der Waals surface area contributed by atoms with Crippen LogP contribution in [0.5, 0.6) is 11.5 Å². The third-order valence-electron chi connectivity index (χ3n) is 5.54. The Labute approximate surface area is 187 Å². The van der Waals surface area contributed by atoms with E-state index in [1.165, 1.54) is 19.0 Å². The second-order valence-corrected chi connectivity index (χ2v) is 7.33. The molecule has 8 heteroatoms. The average molecular weight is 434 g/mol. The molecule has 8 nitrogen and oxygen atoms in total. The summed E-state index contributed by atoms with van der Waals surface area (Å²) in [4.78, 5) is 16.1. The molecule has 0 bridgehead atoms. The van der Waals surface area contributed by atoms with Gasteiger partial charge in [-0.1, -0.05) is 18.2 Å². The molecular weight excluding hydrogens is 408 g/mol. The smallest absolute Gasteiger partial charge is 0.334 e. The van der Waals surface area contributed by atoms with E-state index in [9.17, 15) is 9.90 Å². The van der Waals surface area contributed by atoms with Crippen molar-refractivity contribution in [2.24, 2.45) is 0 Å². The highest BCUT2D eigenvalue weighted by molar-refractivity contribution is 5.83. The summed E-state index contributed by atoms with van der Waals surface area (Å²) in [6, 6.07) is 14.9. The number of hydrogen-bond acceptors (Lipinski definition) is 6. The summed E-state index contributed by atoms with van der Waals surface area (Å²) in [5, 5.41) is 21.9. The van der Waals surface area contributed by atoms with E-state index in [-0.39, 0.29) is 0 Å². The predicted molar refractivity (Wildman–Crippen MR) is 119 cm³/mol. The van der Waals surface area contributed by atoms with E-state index in [1.54, 1.807) is 36.1 Å². The second kappa shape index (κ2) is 9.98. The number of ether oxygens (including phenoxy) is 2. The van der Waals surface area contributed by atoms with Gasteiger partial charge in [0.25, 0.3) is 0 Å². The van der Waals surface area contributed by atoms with Gasteiger partial charge in [0.05, 0.1) is 32.2 Å². The van der Waals surface area contributed by atoms with Crippen molar-refractivity contribution >= 4 is 5.97 Å². The summed E-state index contributed by atoms with van der Waals surface area (Å²) in [5.41, 5.74) is 1.89. The SMILES string of the molecule is CNCc1ccc(OC)cc1.COc1cc(C#N)ccc1C1(C(=O)O)CCc2cncn21. The molecule has 2 heterocycles. The molecule has 2 aromatic carbocycles. The van der Waals surface area contributed by atoms with Crippen LogP contribution in [0, 0.1) is 11.3 Å². The van der Waals surface area contributed by atoms with Crippen molar-refractivity contribution in [3.8, 4) is 17.6 Å². The van der Waals surface area contributed by atoms with Gasteiger partial charge in [-0.15, -0.1) is 0 Å². The Kier molecular flexibility index (Phi) is 7.13.